The van der Waals surface area contributed by atoms with Gasteiger partial charge >= 0.3 is 5.97 Å². The third-order valence-electron chi connectivity index (χ3n) is 1.68. The number of hydrogen-bond donors (Lipinski definition) is 1. The molecule has 1 rings (SSSR count). The van der Waals surface area contributed by atoms with Crippen molar-refractivity contribution in [2.45, 2.75) is 0 Å². The van der Waals surface area contributed by atoms with Gasteiger partial charge in [0.15, 0.2) is 0 Å². The zero-order chi connectivity index (χ0) is 10.4. The second-order valence-electron chi connectivity index (χ2n) is 2.60. The van der Waals surface area contributed by atoms with E-state index in [1.165, 1.54) is 0 Å². The Morgan fingerprint density at radius 1 is 1.57 bits per heavy atom. The molecule has 1 amide bonds. The van der Waals surface area contributed by atoms with Crippen LogP contribution in [0.25, 0.3) is 0 Å². The monoisotopic (exact) mass is 220 g/mol. The molecule has 14 heavy (non-hydrogen) atoms. The van der Waals surface area contributed by atoms with E-state index in [1.54, 1.807) is 5.01 Å². The van der Waals surface area contributed by atoms with Crippen LogP contribution >= 0.6 is 12.6 Å². The van der Waals surface area contributed by atoms with Crippen molar-refractivity contribution >= 4 is 25.0 Å². The maximum absolute atomic E-state index is 10.9. The van der Waals surface area contributed by atoms with Crippen molar-refractivity contribution < 1.29 is 19.2 Å². The lowest BCUT2D eigenvalue weighted by Crippen LogP contribution is -2.49. The Morgan fingerprint density at radius 2 is 2.21 bits per heavy atom. The highest BCUT2D eigenvalue weighted by atomic mass is 32.1. The molecule has 0 N–H and O–H groups in total. The van der Waals surface area contributed by atoms with Gasteiger partial charge in [0, 0.05) is 13.1 Å². The predicted molar refractivity (Wildman–Crippen MR) is 50.2 cm³/mol. The van der Waals surface area contributed by atoms with Gasteiger partial charge in [-0.3, -0.25) is 4.79 Å². The number of morpholine rings is 1. The van der Waals surface area contributed by atoms with E-state index in [2.05, 4.69) is 12.6 Å². The lowest BCUT2D eigenvalue weighted by atomic mass is 10.5. The van der Waals surface area contributed by atoms with Crippen molar-refractivity contribution in [2.75, 3.05) is 32.1 Å². The van der Waals surface area contributed by atoms with Gasteiger partial charge in [0.25, 0.3) is 6.41 Å². The van der Waals surface area contributed by atoms with E-state index in [9.17, 15) is 9.59 Å². The molecule has 0 aliphatic carbocycles. The van der Waals surface area contributed by atoms with E-state index in [4.69, 9.17) is 9.57 Å². The molecule has 0 radical (unpaired) electrons. The summed E-state index contributed by atoms with van der Waals surface area (Å²) in [4.78, 5) is 26.2. The Labute approximate surface area is 87.1 Å². The minimum Gasteiger partial charge on any atom is -0.379 e. The Morgan fingerprint density at radius 3 is 2.71 bits per heavy atom. The summed E-state index contributed by atoms with van der Waals surface area (Å²) >= 11 is 3.73. The quantitative estimate of drug-likeness (QED) is 0.377. The van der Waals surface area contributed by atoms with Crippen LogP contribution in [0.15, 0.2) is 0 Å². The number of carbonyl (C=O) groups is 2. The number of hydroxylamine groups is 1. The van der Waals surface area contributed by atoms with Crippen molar-refractivity contribution in [1.29, 1.82) is 0 Å². The number of hydrazine groups is 1. The van der Waals surface area contributed by atoms with Gasteiger partial charge in [-0.15, -0.1) is 0 Å². The minimum absolute atomic E-state index is 0.0608. The molecule has 0 spiro atoms. The zero-order valence-electron chi connectivity index (χ0n) is 7.59. The number of amides is 1. The molecule has 80 valence electrons. The van der Waals surface area contributed by atoms with Gasteiger partial charge in [0.1, 0.15) is 0 Å². The fraction of sp³-hybridized carbons (Fsp3) is 0.714. The van der Waals surface area contributed by atoms with Gasteiger partial charge in [-0.2, -0.15) is 17.6 Å². The van der Waals surface area contributed by atoms with E-state index in [0.717, 1.165) is 5.17 Å². The molecule has 0 aromatic carbocycles. The standard InChI is InChI=1S/C7H12N2O4S/c10-6-9(13-7(11)5-14)8-1-3-12-4-2-8/h6,14H,1-5H2. The molecule has 0 aromatic rings. The van der Waals surface area contributed by atoms with Crippen molar-refractivity contribution in [3.63, 3.8) is 0 Å². The van der Waals surface area contributed by atoms with E-state index in [-0.39, 0.29) is 5.75 Å². The summed E-state index contributed by atoms with van der Waals surface area (Å²) in [7, 11) is 0. The first-order valence-corrected chi connectivity index (χ1v) is 4.80. The Bertz CT molecular complexity index is 208. The fourth-order valence-corrected chi connectivity index (χ4v) is 1.09. The fourth-order valence-electron chi connectivity index (χ4n) is 1.03. The maximum Gasteiger partial charge on any atom is 0.343 e. The summed E-state index contributed by atoms with van der Waals surface area (Å²) in [6.07, 6.45) is 0.451. The van der Waals surface area contributed by atoms with Crippen LogP contribution in [0.5, 0.6) is 0 Å². The SMILES string of the molecule is O=CN(OC(=O)CS)N1CCOCC1. The summed E-state index contributed by atoms with van der Waals surface area (Å²) in [6, 6.07) is 0. The molecule has 0 saturated carbocycles. The van der Waals surface area contributed by atoms with Crippen LogP contribution in [0.2, 0.25) is 0 Å². The normalized spacial score (nSPS) is 17.5. The Hall–Kier alpha value is -0.790. The molecule has 1 aliphatic rings. The molecule has 7 heteroatoms. The molecular formula is C7H12N2O4S. The highest BCUT2D eigenvalue weighted by Gasteiger charge is 2.20. The molecule has 0 unspecified atom stereocenters. The van der Waals surface area contributed by atoms with Gasteiger partial charge in [0.05, 0.1) is 19.0 Å². The number of hydrogen-bond acceptors (Lipinski definition) is 6. The molecule has 1 aliphatic heterocycles. The maximum atomic E-state index is 10.9. The summed E-state index contributed by atoms with van der Waals surface area (Å²) in [5, 5.41) is 2.49. The third-order valence-corrected chi connectivity index (χ3v) is 1.94. The molecule has 0 bridgehead atoms. The van der Waals surface area contributed by atoms with Gasteiger partial charge < -0.3 is 9.57 Å². The molecule has 1 fully saturated rings. The van der Waals surface area contributed by atoms with Crippen LogP contribution in [-0.4, -0.2) is 54.6 Å². The average Bonchev–Trinajstić information content (AvgIpc) is 2.26. The van der Waals surface area contributed by atoms with Crippen LogP contribution in [0.1, 0.15) is 0 Å². The first kappa shape index (κ1) is 11.3. The number of nitrogens with zero attached hydrogens (tertiary/aromatic N) is 2. The molecular weight excluding hydrogens is 208 g/mol. The van der Waals surface area contributed by atoms with Crippen LogP contribution in [0.3, 0.4) is 0 Å². The average molecular weight is 220 g/mol. The first-order valence-electron chi connectivity index (χ1n) is 4.16. The summed E-state index contributed by atoms with van der Waals surface area (Å²) in [5.41, 5.74) is 0. The predicted octanol–water partition coefficient (Wildman–Crippen LogP) is -0.920. The summed E-state index contributed by atoms with van der Waals surface area (Å²) in [5.74, 6) is -0.624. The second-order valence-corrected chi connectivity index (χ2v) is 2.91. The second kappa shape index (κ2) is 5.84. The van der Waals surface area contributed by atoms with E-state index in [1.807, 2.05) is 0 Å². The Kier molecular flexibility index (Phi) is 4.71. The summed E-state index contributed by atoms with van der Waals surface area (Å²) < 4.78 is 5.09. The van der Waals surface area contributed by atoms with Crippen molar-refractivity contribution in [2.24, 2.45) is 0 Å². The number of carbonyl (C=O) groups excluding carboxylic acids is 2. The van der Waals surface area contributed by atoms with Gasteiger partial charge in [-0.25, -0.2) is 4.79 Å². The van der Waals surface area contributed by atoms with Gasteiger partial charge in [0.2, 0.25) is 0 Å². The third kappa shape index (κ3) is 3.17. The summed E-state index contributed by atoms with van der Waals surface area (Å²) in [6.45, 7) is 2.09. The van der Waals surface area contributed by atoms with Crippen LogP contribution in [-0.2, 0) is 19.2 Å². The van der Waals surface area contributed by atoms with Crippen LogP contribution in [0.4, 0.5) is 0 Å². The van der Waals surface area contributed by atoms with Gasteiger partial charge in [-0.05, 0) is 0 Å². The smallest absolute Gasteiger partial charge is 0.343 e. The van der Waals surface area contributed by atoms with Crippen LogP contribution < -0.4 is 0 Å². The van der Waals surface area contributed by atoms with Crippen molar-refractivity contribution in [3.8, 4) is 0 Å². The number of thiol groups is 1. The van der Waals surface area contributed by atoms with E-state index < -0.39 is 5.97 Å². The topological polar surface area (TPSA) is 59.1 Å². The zero-order valence-corrected chi connectivity index (χ0v) is 8.48. The molecule has 0 aromatic heterocycles. The molecule has 6 nitrogen and oxygen atoms in total. The lowest BCUT2D eigenvalue weighted by Gasteiger charge is -2.32. The lowest BCUT2D eigenvalue weighted by molar-refractivity contribution is -0.257. The highest BCUT2D eigenvalue weighted by molar-refractivity contribution is 7.81. The molecule has 1 heterocycles. The van der Waals surface area contributed by atoms with Crippen LogP contribution in [0, 0.1) is 0 Å². The number of rotatable bonds is 4. The molecule has 0 atom stereocenters. The van der Waals surface area contributed by atoms with Crippen molar-refractivity contribution in [1.82, 2.24) is 10.2 Å². The van der Waals surface area contributed by atoms with Gasteiger partial charge in [-0.1, -0.05) is 5.17 Å². The highest BCUT2D eigenvalue weighted by Crippen LogP contribution is 2.02. The molecule has 1 saturated heterocycles. The first-order chi connectivity index (χ1) is 6.77. The number of ether oxygens (including phenoxy) is 1. The van der Waals surface area contributed by atoms with E-state index in [0.29, 0.717) is 32.7 Å². The van der Waals surface area contributed by atoms with Crippen molar-refractivity contribution in [3.05, 3.63) is 0 Å². The Balaban J connectivity index is 2.43. The largest absolute Gasteiger partial charge is 0.379 e. The minimum atomic E-state index is -0.563. The van der Waals surface area contributed by atoms with E-state index >= 15 is 0 Å².